The first kappa shape index (κ1) is 32.3. The lowest BCUT2D eigenvalue weighted by atomic mass is 9.78. The van der Waals surface area contributed by atoms with E-state index in [1.807, 2.05) is 0 Å². The first-order chi connectivity index (χ1) is 17.5. The lowest BCUT2D eigenvalue weighted by Gasteiger charge is -2.53. The molecular formula is C23H33NO14. The summed E-state index contributed by atoms with van der Waals surface area (Å²) in [6, 6.07) is -1.41. The van der Waals surface area contributed by atoms with Gasteiger partial charge >= 0.3 is 41.6 Å². The van der Waals surface area contributed by atoms with E-state index in [-0.39, 0.29) is 0 Å². The first-order valence-corrected chi connectivity index (χ1v) is 11.4. The Kier molecular flexibility index (Phi) is 11.2. The number of amides is 1. The monoisotopic (exact) mass is 547 g/mol. The van der Waals surface area contributed by atoms with Crippen molar-refractivity contribution in [3.63, 3.8) is 0 Å². The molecule has 0 aromatic carbocycles. The molecule has 6 atom stereocenters. The smallest absolute Gasteiger partial charge is 0.379 e. The molecule has 0 spiro atoms. The third-order valence-electron chi connectivity index (χ3n) is 5.29. The van der Waals surface area contributed by atoms with Crippen LogP contribution in [-0.2, 0) is 66.7 Å². The van der Waals surface area contributed by atoms with Crippen molar-refractivity contribution in [1.82, 2.24) is 5.32 Å². The van der Waals surface area contributed by atoms with Gasteiger partial charge in [0.1, 0.15) is 18.3 Å². The normalized spacial score (nSPS) is 26.0. The van der Waals surface area contributed by atoms with Crippen molar-refractivity contribution in [2.45, 2.75) is 90.6 Å². The minimum atomic E-state index is -2.58. The van der Waals surface area contributed by atoms with Gasteiger partial charge in [-0.05, 0) is 6.92 Å². The molecule has 0 aromatic rings. The molecule has 38 heavy (non-hydrogen) atoms. The van der Waals surface area contributed by atoms with Crippen LogP contribution in [0.15, 0.2) is 0 Å². The molecular weight excluding hydrogens is 514 g/mol. The van der Waals surface area contributed by atoms with Crippen molar-refractivity contribution in [3.8, 4) is 0 Å². The van der Waals surface area contributed by atoms with Gasteiger partial charge in [-0.15, -0.1) is 0 Å². The van der Waals surface area contributed by atoms with Gasteiger partial charge in [0.25, 0.3) is 0 Å². The van der Waals surface area contributed by atoms with E-state index in [0.29, 0.717) is 0 Å². The van der Waals surface area contributed by atoms with Crippen LogP contribution in [0.2, 0.25) is 0 Å². The summed E-state index contributed by atoms with van der Waals surface area (Å²) in [7, 11) is 0.973. The SMILES string of the molecule is COC(=O)[C@@]1(OC(C)=O)C[C@H](OC(C)=O)[C@@H](NC(C)=O)[C@](C)([C@H](OC(C)=O)[C@@H](COC(C)=O)OC(C)=O)O1. The van der Waals surface area contributed by atoms with Crippen molar-refractivity contribution < 1.29 is 66.7 Å². The highest BCUT2D eigenvalue weighted by Gasteiger charge is 2.66. The summed E-state index contributed by atoms with van der Waals surface area (Å²) in [6.45, 7) is 6.82. The van der Waals surface area contributed by atoms with Gasteiger partial charge in [-0.2, -0.15) is 0 Å². The highest BCUT2D eigenvalue weighted by Crippen LogP contribution is 2.43. The molecule has 1 aliphatic rings. The van der Waals surface area contributed by atoms with Crippen LogP contribution in [0.1, 0.15) is 54.9 Å². The minimum absolute atomic E-state index is 0.645. The molecule has 1 fully saturated rings. The Morgan fingerprint density at radius 2 is 1.45 bits per heavy atom. The van der Waals surface area contributed by atoms with Crippen LogP contribution in [0.25, 0.3) is 0 Å². The van der Waals surface area contributed by atoms with Crippen LogP contribution in [0.5, 0.6) is 0 Å². The number of esters is 6. The molecule has 0 unspecified atom stereocenters. The Morgan fingerprint density at radius 3 is 1.87 bits per heavy atom. The molecule has 1 amide bonds. The molecule has 1 aliphatic heterocycles. The number of methoxy groups -OCH3 is 1. The van der Waals surface area contributed by atoms with E-state index in [4.69, 9.17) is 33.2 Å². The number of carbonyl (C=O) groups is 7. The van der Waals surface area contributed by atoms with Crippen LogP contribution in [0.3, 0.4) is 0 Å². The Hall–Kier alpha value is -3.75. The second-order valence-electron chi connectivity index (χ2n) is 8.63. The van der Waals surface area contributed by atoms with Crippen molar-refractivity contribution >= 4 is 41.7 Å². The summed E-state index contributed by atoms with van der Waals surface area (Å²) in [4.78, 5) is 84.9. The second-order valence-corrected chi connectivity index (χ2v) is 8.63. The van der Waals surface area contributed by atoms with Gasteiger partial charge in [-0.25, -0.2) is 4.79 Å². The Labute approximate surface area is 218 Å². The van der Waals surface area contributed by atoms with Gasteiger partial charge in [0.2, 0.25) is 5.91 Å². The first-order valence-electron chi connectivity index (χ1n) is 11.4. The highest BCUT2D eigenvalue weighted by molar-refractivity contribution is 5.82. The van der Waals surface area contributed by atoms with E-state index in [9.17, 15) is 33.6 Å². The molecule has 1 saturated heterocycles. The molecule has 1 heterocycles. The molecule has 214 valence electrons. The quantitative estimate of drug-likeness (QED) is 0.270. The summed E-state index contributed by atoms with van der Waals surface area (Å²) >= 11 is 0. The van der Waals surface area contributed by atoms with Gasteiger partial charge in [-0.1, -0.05) is 0 Å². The molecule has 0 aliphatic carbocycles. The summed E-state index contributed by atoms with van der Waals surface area (Å²) in [5.74, 6) is -8.93. The average Bonchev–Trinajstić information content (AvgIpc) is 2.75. The maximum absolute atomic E-state index is 13.0. The third-order valence-corrected chi connectivity index (χ3v) is 5.29. The lowest BCUT2D eigenvalue weighted by molar-refractivity contribution is -0.334. The number of hydrogen-bond donors (Lipinski definition) is 1. The molecule has 0 aromatic heterocycles. The van der Waals surface area contributed by atoms with E-state index in [0.717, 1.165) is 48.7 Å². The van der Waals surface area contributed by atoms with Crippen LogP contribution >= 0.6 is 0 Å². The highest BCUT2D eigenvalue weighted by atomic mass is 16.8. The zero-order valence-corrected chi connectivity index (χ0v) is 22.4. The number of nitrogens with one attached hydrogen (secondary N) is 1. The predicted octanol–water partition coefficient (Wildman–Crippen LogP) is -0.539. The van der Waals surface area contributed by atoms with Gasteiger partial charge in [0.15, 0.2) is 12.2 Å². The molecule has 1 N–H and O–H groups in total. The van der Waals surface area contributed by atoms with Crippen LogP contribution in [-0.4, -0.2) is 91.2 Å². The summed E-state index contributed by atoms with van der Waals surface area (Å²) in [5.41, 5.74) is -2.17. The Morgan fingerprint density at radius 1 is 0.868 bits per heavy atom. The van der Waals surface area contributed by atoms with Gasteiger partial charge in [-0.3, -0.25) is 28.8 Å². The van der Waals surface area contributed by atoms with Crippen molar-refractivity contribution in [2.75, 3.05) is 13.7 Å². The Balaban J connectivity index is 3.98. The summed E-state index contributed by atoms with van der Waals surface area (Å²) < 4.78 is 37.2. The molecule has 15 nitrogen and oxygen atoms in total. The molecule has 0 bridgehead atoms. The maximum atomic E-state index is 13.0. The van der Waals surface area contributed by atoms with E-state index in [1.165, 1.54) is 6.92 Å². The minimum Gasteiger partial charge on any atom is -0.464 e. The fourth-order valence-corrected chi connectivity index (χ4v) is 4.18. The largest absolute Gasteiger partial charge is 0.464 e. The number of hydrogen-bond acceptors (Lipinski definition) is 14. The van der Waals surface area contributed by atoms with Crippen LogP contribution in [0.4, 0.5) is 0 Å². The van der Waals surface area contributed by atoms with E-state index >= 15 is 0 Å². The van der Waals surface area contributed by atoms with Crippen LogP contribution in [0, 0.1) is 0 Å². The lowest BCUT2D eigenvalue weighted by Crippen LogP contribution is -2.75. The number of ether oxygens (including phenoxy) is 7. The topological polar surface area (TPSA) is 196 Å². The zero-order chi connectivity index (χ0) is 29.4. The average molecular weight is 548 g/mol. The number of carbonyl (C=O) groups excluding carboxylic acids is 7. The van der Waals surface area contributed by atoms with E-state index in [2.05, 4.69) is 5.32 Å². The van der Waals surface area contributed by atoms with Crippen molar-refractivity contribution in [2.24, 2.45) is 0 Å². The zero-order valence-electron chi connectivity index (χ0n) is 22.4. The second kappa shape index (κ2) is 13.2. The van der Waals surface area contributed by atoms with Crippen molar-refractivity contribution in [1.29, 1.82) is 0 Å². The van der Waals surface area contributed by atoms with Gasteiger partial charge < -0.3 is 38.5 Å². The molecule has 1 rings (SSSR count). The summed E-state index contributed by atoms with van der Waals surface area (Å²) in [6.07, 6.45) is -5.42. The standard InChI is InChI=1S/C23H33NO14/c1-11(25)24-19-17(34-13(3)27)9-23(21(31)32-8,37-16(6)30)38-22(19,7)20(36-15(5)29)18(35-14(4)28)10-33-12(2)26/h17-20H,9-10H2,1-8H3,(H,24,25)/t17-,18+,19+,20+,22+,23+/m0/s1. The fourth-order valence-electron chi connectivity index (χ4n) is 4.18. The Bertz CT molecular complexity index is 964. The summed E-state index contributed by atoms with van der Waals surface area (Å²) in [5, 5.41) is 2.53. The fraction of sp³-hybridized carbons (Fsp3) is 0.696. The van der Waals surface area contributed by atoms with Crippen LogP contribution < -0.4 is 5.32 Å². The number of rotatable bonds is 10. The van der Waals surface area contributed by atoms with E-state index < -0.39 is 90.5 Å². The van der Waals surface area contributed by atoms with Gasteiger partial charge in [0.05, 0.1) is 19.6 Å². The van der Waals surface area contributed by atoms with E-state index in [1.54, 1.807) is 0 Å². The molecule has 0 radical (unpaired) electrons. The van der Waals surface area contributed by atoms with Gasteiger partial charge in [0, 0.05) is 41.5 Å². The predicted molar refractivity (Wildman–Crippen MR) is 122 cm³/mol. The third kappa shape index (κ3) is 8.39. The molecule has 0 saturated carbocycles. The van der Waals surface area contributed by atoms with Crippen molar-refractivity contribution in [3.05, 3.63) is 0 Å². The molecule has 15 heteroatoms. The maximum Gasteiger partial charge on any atom is 0.379 e.